The summed E-state index contributed by atoms with van der Waals surface area (Å²) in [6.45, 7) is 16.7. The average molecular weight is 512 g/mol. The van der Waals surface area contributed by atoms with Crippen LogP contribution < -0.4 is 15.4 Å². The van der Waals surface area contributed by atoms with Crippen LogP contribution in [0.1, 0.15) is 75.6 Å². The van der Waals surface area contributed by atoms with Crippen LogP contribution in [0.4, 0.5) is 16.2 Å². The van der Waals surface area contributed by atoms with E-state index < -0.39 is 0 Å². The van der Waals surface area contributed by atoms with Gasteiger partial charge in [-0.1, -0.05) is 39.8 Å². The SMILES string of the molecule is C=O.CC.CC.COc1ccc(NC(=O)C2CCC(N3Cc4c(C)ccc(C)c4NC3=O)CC2)cc1C. The van der Waals surface area contributed by atoms with Gasteiger partial charge in [0.2, 0.25) is 5.91 Å². The van der Waals surface area contributed by atoms with Crippen LogP contribution in [0.3, 0.4) is 0 Å². The molecule has 0 spiro atoms. The number of hydrogen-bond acceptors (Lipinski definition) is 4. The molecule has 4 rings (SSSR count). The van der Waals surface area contributed by atoms with Crippen molar-refractivity contribution in [2.24, 2.45) is 5.92 Å². The third-order valence-electron chi connectivity index (χ3n) is 6.75. The van der Waals surface area contributed by atoms with Gasteiger partial charge in [0.1, 0.15) is 12.5 Å². The van der Waals surface area contributed by atoms with Crippen LogP contribution in [0, 0.1) is 26.7 Å². The van der Waals surface area contributed by atoms with E-state index in [1.165, 1.54) is 11.1 Å². The number of carbonyl (C=O) groups excluding carboxylic acids is 3. The smallest absolute Gasteiger partial charge is 0.322 e. The molecule has 37 heavy (non-hydrogen) atoms. The van der Waals surface area contributed by atoms with Gasteiger partial charge in [-0.2, -0.15) is 0 Å². The number of hydrogen-bond donors (Lipinski definition) is 2. The highest BCUT2D eigenvalue weighted by Crippen LogP contribution is 2.35. The molecule has 204 valence electrons. The third kappa shape index (κ3) is 7.81. The minimum atomic E-state index is -0.0252. The van der Waals surface area contributed by atoms with Crippen LogP contribution in [0.2, 0.25) is 0 Å². The number of nitrogens with one attached hydrogen (secondary N) is 2. The Morgan fingerprint density at radius 1 is 0.946 bits per heavy atom. The van der Waals surface area contributed by atoms with E-state index in [2.05, 4.69) is 29.7 Å². The molecular weight excluding hydrogens is 466 g/mol. The number of methoxy groups -OCH3 is 1. The van der Waals surface area contributed by atoms with Crippen molar-refractivity contribution in [1.29, 1.82) is 0 Å². The van der Waals surface area contributed by atoms with Crippen LogP contribution in [0.5, 0.6) is 5.75 Å². The number of benzene rings is 2. The van der Waals surface area contributed by atoms with Crippen molar-refractivity contribution in [3.63, 3.8) is 0 Å². The van der Waals surface area contributed by atoms with Crippen molar-refractivity contribution >= 4 is 30.1 Å². The highest BCUT2D eigenvalue weighted by molar-refractivity contribution is 5.94. The quantitative estimate of drug-likeness (QED) is 0.461. The van der Waals surface area contributed by atoms with Crippen LogP contribution in [0.25, 0.3) is 0 Å². The lowest BCUT2D eigenvalue weighted by Crippen LogP contribution is -2.47. The molecular formula is C30H45N3O4. The molecule has 2 aliphatic rings. The molecule has 2 aromatic carbocycles. The minimum Gasteiger partial charge on any atom is -0.496 e. The third-order valence-corrected chi connectivity index (χ3v) is 6.75. The molecule has 3 amide bonds. The number of amides is 3. The molecule has 1 fully saturated rings. The summed E-state index contributed by atoms with van der Waals surface area (Å²) < 4.78 is 5.29. The molecule has 1 aliphatic carbocycles. The van der Waals surface area contributed by atoms with Crippen molar-refractivity contribution in [3.05, 3.63) is 52.6 Å². The van der Waals surface area contributed by atoms with Crippen LogP contribution in [-0.2, 0) is 16.1 Å². The summed E-state index contributed by atoms with van der Waals surface area (Å²) in [4.78, 5) is 35.5. The molecule has 7 nitrogen and oxygen atoms in total. The molecule has 2 N–H and O–H groups in total. The number of nitrogens with zero attached hydrogens (tertiary/aromatic N) is 1. The standard InChI is InChI=1S/C25H31N3O3.2C2H6.CH2O/c1-15-5-6-16(2)23-21(15)14-28(25(30)27-23)20-10-7-18(8-11-20)24(29)26-19-9-12-22(31-4)17(3)13-19;3*1-2/h5-6,9,12-13,18,20H,7-8,10-11,14H2,1-4H3,(H,26,29)(H,27,30);2*1-2H3;1H2. The zero-order chi connectivity index (χ0) is 28.1. The molecule has 1 saturated carbocycles. The molecule has 0 bridgehead atoms. The molecule has 1 aliphatic heterocycles. The lowest BCUT2D eigenvalue weighted by molar-refractivity contribution is -0.121. The van der Waals surface area contributed by atoms with Gasteiger partial charge in [-0.3, -0.25) is 4.79 Å². The van der Waals surface area contributed by atoms with Gasteiger partial charge in [-0.05, 0) is 86.9 Å². The Bertz CT molecular complexity index is 1030. The van der Waals surface area contributed by atoms with Gasteiger partial charge in [-0.25, -0.2) is 4.79 Å². The summed E-state index contributed by atoms with van der Waals surface area (Å²) >= 11 is 0. The predicted molar refractivity (Wildman–Crippen MR) is 152 cm³/mol. The normalized spacial score (nSPS) is 17.7. The van der Waals surface area contributed by atoms with E-state index >= 15 is 0 Å². The van der Waals surface area contributed by atoms with Crippen LogP contribution in [-0.4, -0.2) is 36.8 Å². The first-order chi connectivity index (χ1) is 17.9. The van der Waals surface area contributed by atoms with Gasteiger partial charge in [0, 0.05) is 17.6 Å². The minimum absolute atomic E-state index is 0.0252. The fraction of sp³-hybridized carbons (Fsp3) is 0.500. The Balaban J connectivity index is 0.00000106. The molecule has 0 aromatic heterocycles. The second kappa shape index (κ2) is 15.7. The summed E-state index contributed by atoms with van der Waals surface area (Å²) in [5.41, 5.74) is 6.25. The largest absolute Gasteiger partial charge is 0.496 e. The van der Waals surface area contributed by atoms with E-state index in [1.807, 2.05) is 71.4 Å². The highest BCUT2D eigenvalue weighted by Gasteiger charge is 2.34. The maximum absolute atomic E-state index is 12.8. The van der Waals surface area contributed by atoms with Crippen LogP contribution >= 0.6 is 0 Å². The Labute approximate surface area is 223 Å². The van der Waals surface area contributed by atoms with Crippen molar-refractivity contribution < 1.29 is 19.1 Å². The number of rotatable bonds is 4. The van der Waals surface area contributed by atoms with Gasteiger partial charge in [0.15, 0.2) is 0 Å². The van der Waals surface area contributed by atoms with E-state index in [9.17, 15) is 9.59 Å². The number of anilines is 2. The van der Waals surface area contributed by atoms with Crippen LogP contribution in [0.15, 0.2) is 30.3 Å². The molecule has 0 radical (unpaired) electrons. The first kappa shape index (κ1) is 31.7. The Kier molecular flexibility index (Phi) is 13.4. The average Bonchev–Trinajstić information content (AvgIpc) is 2.94. The van der Waals surface area contributed by atoms with Gasteiger partial charge in [-0.15, -0.1) is 0 Å². The maximum atomic E-state index is 12.8. The first-order valence-corrected chi connectivity index (χ1v) is 13.3. The predicted octanol–water partition coefficient (Wildman–Crippen LogP) is 7.03. The lowest BCUT2D eigenvalue weighted by atomic mass is 9.84. The van der Waals surface area contributed by atoms with Gasteiger partial charge in [0.25, 0.3) is 0 Å². The zero-order valence-electron chi connectivity index (χ0n) is 23.9. The summed E-state index contributed by atoms with van der Waals surface area (Å²) in [5, 5.41) is 6.14. The topological polar surface area (TPSA) is 87.7 Å². The Hall–Kier alpha value is -3.35. The monoisotopic (exact) mass is 511 g/mol. The number of carbonyl (C=O) groups is 3. The van der Waals surface area contributed by atoms with E-state index in [0.717, 1.165) is 53.9 Å². The van der Waals surface area contributed by atoms with Gasteiger partial charge >= 0.3 is 6.03 Å². The lowest BCUT2D eigenvalue weighted by Gasteiger charge is -2.40. The Morgan fingerprint density at radius 3 is 2.11 bits per heavy atom. The van der Waals surface area contributed by atoms with E-state index in [0.29, 0.717) is 6.54 Å². The number of urea groups is 1. The van der Waals surface area contributed by atoms with Crippen molar-refractivity contribution in [1.82, 2.24) is 4.90 Å². The van der Waals surface area contributed by atoms with E-state index in [4.69, 9.17) is 9.53 Å². The molecule has 2 aromatic rings. The molecule has 0 unspecified atom stereocenters. The van der Waals surface area contributed by atoms with Gasteiger partial charge < -0.3 is 25.1 Å². The zero-order valence-corrected chi connectivity index (χ0v) is 23.9. The fourth-order valence-electron chi connectivity index (χ4n) is 4.81. The number of fused-ring (bicyclic) bond motifs is 1. The fourth-order valence-corrected chi connectivity index (χ4v) is 4.81. The van der Waals surface area contributed by atoms with Crippen molar-refractivity contribution in [2.45, 2.75) is 86.7 Å². The molecule has 0 saturated heterocycles. The summed E-state index contributed by atoms with van der Waals surface area (Å²) in [7, 11) is 1.64. The molecule has 0 atom stereocenters. The van der Waals surface area contributed by atoms with Gasteiger partial charge in [0.05, 0.1) is 19.3 Å². The van der Waals surface area contributed by atoms with Crippen molar-refractivity contribution in [3.8, 4) is 5.75 Å². The summed E-state index contributed by atoms with van der Waals surface area (Å²) in [6.07, 6.45) is 3.25. The molecule has 1 heterocycles. The maximum Gasteiger partial charge on any atom is 0.322 e. The highest BCUT2D eigenvalue weighted by atomic mass is 16.5. The number of ether oxygens (including phenoxy) is 1. The van der Waals surface area contributed by atoms with Crippen molar-refractivity contribution in [2.75, 3.05) is 17.7 Å². The summed E-state index contributed by atoms with van der Waals surface area (Å²) in [5.74, 6) is 0.844. The molecule has 7 heteroatoms. The second-order valence-electron chi connectivity index (χ2n) is 8.79. The van der Waals surface area contributed by atoms with E-state index in [1.54, 1.807) is 7.11 Å². The number of aryl methyl sites for hydroxylation is 3. The van der Waals surface area contributed by atoms with E-state index in [-0.39, 0.29) is 23.9 Å². The summed E-state index contributed by atoms with van der Waals surface area (Å²) in [6, 6.07) is 9.99. The first-order valence-electron chi connectivity index (χ1n) is 13.3. The second-order valence-corrected chi connectivity index (χ2v) is 8.79. The Morgan fingerprint density at radius 2 is 1.54 bits per heavy atom.